The van der Waals surface area contributed by atoms with E-state index in [-0.39, 0.29) is 73.8 Å². The standard InChI is InChI=1S/C73H53NSi2/c1-7-26-53(27-8-1)54-28-23-40-62(50-54)75(57-30-9-2-10-31-57,58-32-11-3-12-33-58)63-41-24-29-56(52-63)74-69-46-22-21-42-64(69)68-51-55(48-49-70(68)74)72-65-43-19-20-44-66(65)73-67(72)45-25-47-71(73)76(59-34-13-4-14-35-59,60-36-15-5-16-37-60)61-38-17-6-18-39-61/h1-52,72H/i19D,20D,21D,22D,25D,42D,43D,44D,45D,46D,47D,48D,49D. The Bertz CT molecular complexity index is 4860. The van der Waals surface area contributed by atoms with Gasteiger partial charge in [0.1, 0.15) is 0 Å². The summed E-state index contributed by atoms with van der Waals surface area (Å²) in [6.45, 7) is 0. The number of nitrogens with zero attached hydrogens (tertiary/aromatic N) is 1. The molecule has 1 aliphatic rings. The van der Waals surface area contributed by atoms with Crippen LogP contribution in [0.1, 0.15) is 40.4 Å². The number of para-hydroxylation sites is 1. The third-order valence-electron chi connectivity index (χ3n) is 15.4. The molecule has 0 bridgehead atoms. The first-order valence-electron chi connectivity index (χ1n) is 32.0. The third kappa shape index (κ3) is 7.19. The maximum absolute atomic E-state index is 10.4. The quantitative estimate of drug-likeness (QED) is 0.0899. The molecule has 1 aliphatic carbocycles. The Labute approximate surface area is 465 Å². The number of rotatable bonds is 11. The summed E-state index contributed by atoms with van der Waals surface area (Å²) >= 11 is 0. The van der Waals surface area contributed by atoms with Crippen LogP contribution in [0.5, 0.6) is 0 Å². The van der Waals surface area contributed by atoms with Gasteiger partial charge in [0.15, 0.2) is 16.1 Å². The number of fused-ring (bicyclic) bond motifs is 6. The molecule has 3 heteroatoms. The lowest BCUT2D eigenvalue weighted by Crippen LogP contribution is -2.75. The zero-order valence-corrected chi connectivity index (χ0v) is 43.0. The summed E-state index contributed by atoms with van der Waals surface area (Å²) < 4.78 is 129. The van der Waals surface area contributed by atoms with Crippen molar-refractivity contribution in [1.29, 1.82) is 0 Å². The van der Waals surface area contributed by atoms with Gasteiger partial charge in [0.05, 0.1) is 28.9 Å². The molecule has 1 nitrogen and oxygen atoms in total. The largest absolute Gasteiger partial charge is 0.309 e. The van der Waals surface area contributed by atoms with Crippen LogP contribution in [-0.2, 0) is 0 Å². The third-order valence-corrected chi connectivity index (χ3v) is 24.8. The zero-order valence-electron chi connectivity index (χ0n) is 54.0. The lowest BCUT2D eigenvalue weighted by Gasteiger charge is -2.36. The molecule has 1 heterocycles. The summed E-state index contributed by atoms with van der Waals surface area (Å²) in [6.07, 6.45) is 0. The average molecular weight is 1010 g/mol. The first-order valence-corrected chi connectivity index (χ1v) is 29.5. The molecule has 0 saturated carbocycles. The molecular formula is C73H53NSi2. The van der Waals surface area contributed by atoms with Gasteiger partial charge in [-0.2, -0.15) is 0 Å². The zero-order chi connectivity index (χ0) is 61.8. The van der Waals surface area contributed by atoms with E-state index in [9.17, 15) is 17.8 Å². The minimum atomic E-state index is -3.90. The number of aromatic nitrogens is 1. The lowest BCUT2D eigenvalue weighted by molar-refractivity contribution is 1.02. The van der Waals surface area contributed by atoms with Crippen molar-refractivity contribution in [3.05, 3.63) is 332 Å². The Kier molecular flexibility index (Phi) is 8.40. The van der Waals surface area contributed by atoms with E-state index in [0.717, 1.165) is 47.4 Å². The van der Waals surface area contributed by atoms with E-state index in [1.165, 1.54) is 0 Å². The van der Waals surface area contributed by atoms with Gasteiger partial charge in [0, 0.05) is 22.4 Å². The predicted octanol–water partition coefficient (Wildman–Crippen LogP) is 12.4. The fourth-order valence-electron chi connectivity index (χ4n) is 12.2. The van der Waals surface area contributed by atoms with Crippen LogP contribution in [-0.4, -0.2) is 20.7 Å². The topological polar surface area (TPSA) is 4.93 Å². The Hall–Kier alpha value is -9.13. The second-order valence-corrected chi connectivity index (χ2v) is 26.8. The molecule has 0 saturated heterocycles. The molecule has 0 radical (unpaired) electrons. The van der Waals surface area contributed by atoms with Crippen LogP contribution in [0.15, 0.2) is 315 Å². The van der Waals surface area contributed by atoms with Crippen LogP contribution in [0.25, 0.3) is 49.7 Å². The molecule has 1 aromatic heterocycles. The summed E-state index contributed by atoms with van der Waals surface area (Å²) in [5.41, 5.74) is 3.02. The maximum atomic E-state index is 10.4. The SMILES string of the molecule is [2H]c1c([2H])c([2H])c2c(c1[2H])-c1c(c([2H])c([2H])c([2H])c1[Si](c1ccccc1)(c1ccccc1)c1ccccc1)C2c1cc2c3c([2H])c([2H])c([2H])c([2H])c3n(-c3cccc([Si](c4ccccc4)(c4ccccc4)c4cccc(-c5ccccc5)c4)c3)c2c([2H])c1[2H]. The minimum Gasteiger partial charge on any atom is -0.309 e. The van der Waals surface area contributed by atoms with Crippen LogP contribution in [0.3, 0.4) is 0 Å². The van der Waals surface area contributed by atoms with E-state index in [1.54, 1.807) is 10.6 Å². The molecule has 1 unspecified atom stereocenters. The normalized spacial score (nSPS) is 15.5. The Morgan fingerprint density at radius 2 is 0.803 bits per heavy atom. The van der Waals surface area contributed by atoms with Crippen molar-refractivity contribution in [2.75, 3.05) is 0 Å². The molecule has 0 spiro atoms. The van der Waals surface area contributed by atoms with E-state index >= 15 is 0 Å². The lowest BCUT2D eigenvalue weighted by atomic mass is 9.88. The van der Waals surface area contributed by atoms with Crippen molar-refractivity contribution in [2.45, 2.75) is 5.92 Å². The second kappa shape index (κ2) is 19.0. The first kappa shape index (κ1) is 33.6. The first-order chi connectivity index (χ1) is 43.1. The number of hydrogen-bond acceptors (Lipinski definition) is 0. The molecule has 358 valence electrons. The highest BCUT2D eigenvalue weighted by molar-refractivity contribution is 7.21. The van der Waals surface area contributed by atoms with Crippen LogP contribution >= 0.6 is 0 Å². The van der Waals surface area contributed by atoms with Crippen molar-refractivity contribution in [1.82, 2.24) is 4.57 Å². The highest BCUT2D eigenvalue weighted by atomic mass is 28.3. The minimum absolute atomic E-state index is 0.00730. The van der Waals surface area contributed by atoms with Gasteiger partial charge >= 0.3 is 0 Å². The van der Waals surface area contributed by atoms with Crippen molar-refractivity contribution >= 4 is 79.4 Å². The smallest absolute Gasteiger partial charge is 0.180 e. The Morgan fingerprint density at radius 3 is 1.42 bits per heavy atom. The average Bonchev–Trinajstić information content (AvgIpc) is 1.60. The van der Waals surface area contributed by atoms with Crippen LogP contribution in [0.4, 0.5) is 0 Å². The molecule has 0 amide bonds. The van der Waals surface area contributed by atoms with E-state index in [4.69, 9.17) is 0 Å². The Morgan fingerprint density at radius 1 is 0.329 bits per heavy atom. The maximum Gasteiger partial charge on any atom is 0.180 e. The van der Waals surface area contributed by atoms with Gasteiger partial charge in [-0.1, -0.05) is 285 Å². The molecule has 12 aromatic carbocycles. The van der Waals surface area contributed by atoms with Gasteiger partial charge < -0.3 is 4.57 Å². The van der Waals surface area contributed by atoms with E-state index < -0.39 is 76.4 Å². The van der Waals surface area contributed by atoms with E-state index in [2.05, 4.69) is 66.7 Å². The summed E-state index contributed by atoms with van der Waals surface area (Å²) in [7, 11) is -7.28. The molecule has 13 aromatic rings. The molecule has 0 fully saturated rings. The van der Waals surface area contributed by atoms with Gasteiger partial charge in [0.2, 0.25) is 0 Å². The van der Waals surface area contributed by atoms with Gasteiger partial charge in [-0.3, -0.25) is 0 Å². The van der Waals surface area contributed by atoms with Crippen molar-refractivity contribution in [2.24, 2.45) is 0 Å². The summed E-state index contributed by atoms with van der Waals surface area (Å²) in [5, 5.41) is 7.15. The molecule has 14 rings (SSSR count). The van der Waals surface area contributed by atoms with Gasteiger partial charge in [-0.05, 0) is 111 Å². The number of hydrogen-bond donors (Lipinski definition) is 0. The summed E-state index contributed by atoms with van der Waals surface area (Å²) in [6, 6.07) is 72.4. The van der Waals surface area contributed by atoms with Gasteiger partial charge in [-0.15, -0.1) is 0 Å². The highest BCUT2D eigenvalue weighted by Crippen LogP contribution is 2.49. The van der Waals surface area contributed by atoms with Crippen LogP contribution in [0.2, 0.25) is 0 Å². The monoisotopic (exact) mass is 1010 g/mol. The van der Waals surface area contributed by atoms with E-state index in [1.807, 2.05) is 164 Å². The molecule has 0 N–H and O–H groups in total. The highest BCUT2D eigenvalue weighted by Gasteiger charge is 2.46. The van der Waals surface area contributed by atoms with Gasteiger partial charge in [-0.25, -0.2) is 0 Å². The fourth-order valence-corrected chi connectivity index (χ4v) is 21.8. The summed E-state index contributed by atoms with van der Waals surface area (Å²) in [4.78, 5) is 0. The van der Waals surface area contributed by atoms with Crippen molar-refractivity contribution in [3.8, 4) is 27.9 Å². The van der Waals surface area contributed by atoms with Crippen LogP contribution < -0.4 is 41.5 Å². The number of benzene rings is 12. The summed E-state index contributed by atoms with van der Waals surface area (Å²) in [5.74, 6) is -1.42. The Balaban J connectivity index is 1.09. The fraction of sp³-hybridized carbons (Fsp3) is 0.0137. The molecule has 1 atom stereocenters. The van der Waals surface area contributed by atoms with Crippen molar-refractivity contribution in [3.63, 3.8) is 0 Å². The van der Waals surface area contributed by atoms with Gasteiger partial charge in [0.25, 0.3) is 0 Å². The van der Waals surface area contributed by atoms with Crippen LogP contribution in [0, 0.1) is 0 Å². The van der Waals surface area contributed by atoms with Crippen molar-refractivity contribution < 1.29 is 17.8 Å². The van der Waals surface area contributed by atoms with E-state index in [0.29, 0.717) is 10.9 Å². The molecular weight excluding hydrogens is 947 g/mol. The second-order valence-electron chi connectivity index (χ2n) is 19.3. The molecule has 76 heavy (non-hydrogen) atoms. The molecule has 0 aliphatic heterocycles. The predicted molar refractivity (Wildman–Crippen MR) is 326 cm³/mol.